The molecular formula is C18H18N6O2. The number of hydrogen-bond acceptors (Lipinski definition) is 4. The molecule has 0 aliphatic carbocycles. The summed E-state index contributed by atoms with van der Waals surface area (Å²) in [5.41, 5.74) is 2.02. The summed E-state index contributed by atoms with van der Waals surface area (Å²) in [5.74, 6) is 0.378. The van der Waals surface area contributed by atoms with Crippen molar-refractivity contribution in [2.45, 2.75) is 19.5 Å². The number of pyridine rings is 1. The number of carbonyl (C=O) groups excluding carboxylic acids is 1. The monoisotopic (exact) mass is 350 g/mol. The number of amides is 1. The fourth-order valence-electron chi connectivity index (χ4n) is 3.17. The van der Waals surface area contributed by atoms with Crippen LogP contribution < -0.4 is 11.0 Å². The summed E-state index contributed by atoms with van der Waals surface area (Å²) in [7, 11) is 1.70. The predicted molar refractivity (Wildman–Crippen MR) is 96.7 cm³/mol. The number of para-hydroxylation sites is 2. The highest BCUT2D eigenvalue weighted by atomic mass is 16.2. The van der Waals surface area contributed by atoms with Crippen molar-refractivity contribution in [2.75, 3.05) is 0 Å². The summed E-state index contributed by atoms with van der Waals surface area (Å²) < 4.78 is 4.84. The summed E-state index contributed by atoms with van der Waals surface area (Å²) >= 11 is 0. The smallest absolute Gasteiger partial charge is 0.329 e. The van der Waals surface area contributed by atoms with Crippen molar-refractivity contribution in [1.82, 2.24) is 29.0 Å². The van der Waals surface area contributed by atoms with Crippen LogP contribution in [0.2, 0.25) is 0 Å². The zero-order valence-corrected chi connectivity index (χ0v) is 14.5. The molecular weight excluding hydrogens is 332 g/mol. The van der Waals surface area contributed by atoms with Crippen molar-refractivity contribution in [1.29, 1.82) is 0 Å². The second-order valence-corrected chi connectivity index (χ2v) is 6.19. The number of nitrogens with one attached hydrogen (secondary N) is 1. The van der Waals surface area contributed by atoms with Gasteiger partial charge in [-0.1, -0.05) is 18.2 Å². The molecule has 0 radical (unpaired) electrons. The summed E-state index contributed by atoms with van der Waals surface area (Å²) in [5, 5.41) is 11.1. The highest BCUT2D eigenvalue weighted by Crippen LogP contribution is 2.13. The van der Waals surface area contributed by atoms with Gasteiger partial charge in [-0.25, -0.2) is 4.79 Å². The average Bonchev–Trinajstić information content (AvgIpc) is 3.18. The van der Waals surface area contributed by atoms with Crippen molar-refractivity contribution in [3.05, 3.63) is 65.0 Å². The predicted octanol–water partition coefficient (Wildman–Crippen LogP) is 1.26. The molecule has 1 aromatic carbocycles. The normalized spacial score (nSPS) is 12.5. The highest BCUT2D eigenvalue weighted by Gasteiger charge is 2.18. The van der Waals surface area contributed by atoms with Crippen LogP contribution in [0.1, 0.15) is 18.8 Å². The van der Waals surface area contributed by atoms with Gasteiger partial charge in [-0.05, 0) is 31.2 Å². The molecule has 3 heterocycles. The Kier molecular flexibility index (Phi) is 3.80. The molecule has 0 saturated carbocycles. The Labute approximate surface area is 148 Å². The molecule has 1 amide bonds. The van der Waals surface area contributed by atoms with E-state index >= 15 is 0 Å². The van der Waals surface area contributed by atoms with Gasteiger partial charge < -0.3 is 5.32 Å². The number of imidazole rings is 1. The Morgan fingerprint density at radius 1 is 1.12 bits per heavy atom. The number of rotatable bonds is 4. The van der Waals surface area contributed by atoms with Crippen molar-refractivity contribution < 1.29 is 4.79 Å². The molecule has 0 unspecified atom stereocenters. The Morgan fingerprint density at radius 2 is 1.85 bits per heavy atom. The molecule has 0 bridgehead atoms. The Bertz CT molecular complexity index is 1170. The van der Waals surface area contributed by atoms with Crippen molar-refractivity contribution >= 4 is 22.6 Å². The first-order valence-electron chi connectivity index (χ1n) is 8.29. The van der Waals surface area contributed by atoms with Gasteiger partial charge in [0.25, 0.3) is 0 Å². The molecule has 0 aliphatic rings. The Balaban J connectivity index is 1.58. The summed E-state index contributed by atoms with van der Waals surface area (Å²) in [4.78, 5) is 25.0. The molecule has 0 spiro atoms. The van der Waals surface area contributed by atoms with Crippen LogP contribution in [0.4, 0.5) is 0 Å². The standard InChI is InChI=1S/C18H18N6O2/c1-12(17-21-20-15-9-5-6-10-23(15)17)19-16(25)11-24-14-8-4-3-7-13(14)22(2)18(24)26/h3-10,12H,11H2,1-2H3,(H,19,25)/t12-/m1/s1. The van der Waals surface area contributed by atoms with E-state index in [9.17, 15) is 9.59 Å². The number of fused-ring (bicyclic) bond motifs is 2. The lowest BCUT2D eigenvalue weighted by Crippen LogP contribution is -2.34. The lowest BCUT2D eigenvalue weighted by Gasteiger charge is -2.12. The molecule has 0 aliphatic heterocycles. The molecule has 132 valence electrons. The minimum atomic E-state index is -0.342. The molecule has 3 aromatic heterocycles. The van der Waals surface area contributed by atoms with Gasteiger partial charge in [-0.2, -0.15) is 0 Å². The van der Waals surface area contributed by atoms with Crippen molar-refractivity contribution in [2.24, 2.45) is 7.05 Å². The lowest BCUT2D eigenvalue weighted by atomic mass is 10.3. The Morgan fingerprint density at radius 3 is 2.65 bits per heavy atom. The number of aryl methyl sites for hydroxylation is 1. The molecule has 1 atom stereocenters. The molecule has 4 aromatic rings. The molecule has 8 heteroatoms. The van der Waals surface area contributed by atoms with Crippen molar-refractivity contribution in [3.8, 4) is 0 Å². The van der Waals surface area contributed by atoms with Crippen LogP contribution in [0.15, 0.2) is 53.5 Å². The molecule has 8 nitrogen and oxygen atoms in total. The second kappa shape index (κ2) is 6.14. The van der Waals surface area contributed by atoms with Gasteiger partial charge in [0.2, 0.25) is 5.91 Å². The number of nitrogens with zero attached hydrogens (tertiary/aromatic N) is 5. The van der Waals surface area contributed by atoms with Crippen molar-refractivity contribution in [3.63, 3.8) is 0 Å². The average molecular weight is 350 g/mol. The van der Waals surface area contributed by atoms with Gasteiger partial charge >= 0.3 is 5.69 Å². The summed E-state index contributed by atoms with van der Waals surface area (Å²) in [6.45, 7) is 1.79. The quantitative estimate of drug-likeness (QED) is 0.600. The maximum absolute atomic E-state index is 12.5. The van der Waals surface area contributed by atoms with E-state index in [1.165, 1.54) is 9.13 Å². The number of aromatic nitrogens is 5. The number of hydrogen-bond donors (Lipinski definition) is 1. The zero-order chi connectivity index (χ0) is 18.3. The fourth-order valence-corrected chi connectivity index (χ4v) is 3.17. The molecule has 26 heavy (non-hydrogen) atoms. The highest BCUT2D eigenvalue weighted by molar-refractivity contribution is 5.81. The first kappa shape index (κ1) is 16.1. The molecule has 0 saturated heterocycles. The first-order valence-corrected chi connectivity index (χ1v) is 8.29. The first-order chi connectivity index (χ1) is 12.6. The van der Waals surface area contributed by atoms with E-state index in [4.69, 9.17) is 0 Å². The number of carbonyl (C=O) groups is 1. The van der Waals surface area contributed by atoms with Crippen LogP contribution in [-0.2, 0) is 18.4 Å². The van der Waals surface area contributed by atoms with E-state index in [0.29, 0.717) is 11.5 Å². The van der Waals surface area contributed by atoms with Crippen LogP contribution in [0.5, 0.6) is 0 Å². The molecule has 4 rings (SSSR count). The third kappa shape index (κ3) is 2.55. The second-order valence-electron chi connectivity index (χ2n) is 6.19. The van der Waals surface area contributed by atoms with Gasteiger partial charge in [0.15, 0.2) is 11.5 Å². The van der Waals surface area contributed by atoms with Crippen LogP contribution in [0.3, 0.4) is 0 Å². The zero-order valence-electron chi connectivity index (χ0n) is 14.5. The largest absolute Gasteiger partial charge is 0.345 e. The van der Waals surface area contributed by atoms with E-state index in [1.54, 1.807) is 7.05 Å². The van der Waals surface area contributed by atoms with E-state index in [0.717, 1.165) is 11.0 Å². The van der Waals surface area contributed by atoms with E-state index in [1.807, 2.05) is 60.0 Å². The van der Waals surface area contributed by atoms with Crippen LogP contribution in [0.25, 0.3) is 16.7 Å². The maximum Gasteiger partial charge on any atom is 0.329 e. The summed E-state index contributed by atoms with van der Waals surface area (Å²) in [6, 6.07) is 12.7. The van der Waals surface area contributed by atoms with E-state index in [2.05, 4.69) is 15.5 Å². The van der Waals surface area contributed by atoms with Gasteiger partial charge in [0.05, 0.1) is 17.1 Å². The summed E-state index contributed by atoms with van der Waals surface area (Å²) in [6.07, 6.45) is 1.85. The topological polar surface area (TPSA) is 86.2 Å². The molecule has 0 fully saturated rings. The van der Waals surface area contributed by atoms with E-state index in [-0.39, 0.29) is 24.2 Å². The van der Waals surface area contributed by atoms with Gasteiger partial charge in [-0.3, -0.25) is 18.3 Å². The SMILES string of the molecule is C[C@@H](NC(=O)Cn1c(=O)n(C)c2ccccc21)c1nnc2ccccn12. The number of benzene rings is 1. The van der Waals surface area contributed by atoms with Crippen LogP contribution in [0, 0.1) is 0 Å². The molecule has 1 N–H and O–H groups in total. The maximum atomic E-state index is 12.5. The fraction of sp³-hybridized carbons (Fsp3) is 0.222. The minimum Gasteiger partial charge on any atom is -0.345 e. The Hall–Kier alpha value is -3.42. The third-order valence-electron chi connectivity index (χ3n) is 4.46. The lowest BCUT2D eigenvalue weighted by molar-refractivity contribution is -0.122. The van der Waals surface area contributed by atoms with Gasteiger partial charge in [0, 0.05) is 13.2 Å². The minimum absolute atomic E-state index is 0.0543. The van der Waals surface area contributed by atoms with E-state index < -0.39 is 0 Å². The van der Waals surface area contributed by atoms with Gasteiger partial charge in [-0.15, -0.1) is 10.2 Å². The van der Waals surface area contributed by atoms with Crippen LogP contribution >= 0.6 is 0 Å². The third-order valence-corrected chi connectivity index (χ3v) is 4.46. The van der Waals surface area contributed by atoms with Gasteiger partial charge in [0.1, 0.15) is 6.54 Å². The van der Waals surface area contributed by atoms with Crippen LogP contribution in [-0.4, -0.2) is 29.6 Å².